The van der Waals surface area contributed by atoms with Crippen LogP contribution in [0.5, 0.6) is 0 Å². The molecule has 1 unspecified atom stereocenters. The normalized spacial score (nSPS) is 20.8. The van der Waals surface area contributed by atoms with E-state index in [1.165, 1.54) is 19.3 Å². The van der Waals surface area contributed by atoms with E-state index in [1.54, 1.807) is 11.3 Å². The highest BCUT2D eigenvalue weighted by atomic mass is 32.1. The minimum Gasteiger partial charge on any atom is -0.419 e. The summed E-state index contributed by atoms with van der Waals surface area (Å²) >= 11 is 1.61. The highest BCUT2D eigenvalue weighted by Crippen LogP contribution is 2.24. The van der Waals surface area contributed by atoms with Crippen molar-refractivity contribution in [2.45, 2.75) is 31.8 Å². The third-order valence-electron chi connectivity index (χ3n) is 3.56. The smallest absolute Gasteiger partial charge is 0.257 e. The van der Waals surface area contributed by atoms with Crippen LogP contribution >= 0.6 is 11.3 Å². The van der Waals surface area contributed by atoms with Gasteiger partial charge in [-0.15, -0.1) is 21.5 Å². The van der Waals surface area contributed by atoms with Gasteiger partial charge in [0.1, 0.15) is 0 Å². The first kappa shape index (κ1) is 12.8. The minimum atomic E-state index is 0.450. The van der Waals surface area contributed by atoms with Crippen LogP contribution in [0.4, 0.5) is 0 Å². The van der Waals surface area contributed by atoms with Gasteiger partial charge in [0.15, 0.2) is 0 Å². The maximum absolute atomic E-state index is 5.82. The van der Waals surface area contributed by atoms with Crippen molar-refractivity contribution in [3.8, 4) is 10.8 Å². The molecule has 19 heavy (non-hydrogen) atoms. The van der Waals surface area contributed by atoms with Crippen molar-refractivity contribution in [1.82, 2.24) is 15.1 Å². The molecule has 2 N–H and O–H groups in total. The summed E-state index contributed by atoms with van der Waals surface area (Å²) in [6.07, 6.45) is 3.66. The number of nitrogens with zero attached hydrogens (tertiary/aromatic N) is 3. The monoisotopic (exact) mass is 278 g/mol. The molecule has 6 heteroatoms. The third-order valence-corrected chi connectivity index (χ3v) is 4.42. The SMILES string of the molecule is NCC1CCCCN1Cc1nnc(-c2cccs2)o1. The van der Waals surface area contributed by atoms with Gasteiger partial charge in [-0.05, 0) is 30.8 Å². The van der Waals surface area contributed by atoms with E-state index >= 15 is 0 Å². The lowest BCUT2D eigenvalue weighted by Crippen LogP contribution is -2.43. The lowest BCUT2D eigenvalue weighted by Gasteiger charge is -2.33. The first-order valence-electron chi connectivity index (χ1n) is 6.67. The maximum Gasteiger partial charge on any atom is 0.257 e. The minimum absolute atomic E-state index is 0.450. The van der Waals surface area contributed by atoms with Crippen LogP contribution < -0.4 is 5.73 Å². The van der Waals surface area contributed by atoms with Gasteiger partial charge in [-0.1, -0.05) is 12.5 Å². The molecule has 0 aromatic carbocycles. The summed E-state index contributed by atoms with van der Waals surface area (Å²) in [5.74, 6) is 1.30. The molecule has 0 aliphatic carbocycles. The number of rotatable bonds is 4. The predicted molar refractivity (Wildman–Crippen MR) is 74.7 cm³/mol. The first-order chi connectivity index (χ1) is 9.36. The summed E-state index contributed by atoms with van der Waals surface area (Å²) in [5.41, 5.74) is 5.82. The fourth-order valence-corrected chi connectivity index (χ4v) is 3.17. The summed E-state index contributed by atoms with van der Waals surface area (Å²) in [4.78, 5) is 3.38. The molecule has 0 spiro atoms. The number of piperidine rings is 1. The van der Waals surface area contributed by atoms with Crippen LogP contribution in [0.25, 0.3) is 10.8 Å². The van der Waals surface area contributed by atoms with E-state index in [1.807, 2.05) is 17.5 Å². The molecule has 2 aromatic rings. The second kappa shape index (κ2) is 5.81. The van der Waals surface area contributed by atoms with Crippen LogP contribution in [-0.2, 0) is 6.54 Å². The Hall–Kier alpha value is -1.24. The Morgan fingerprint density at radius 2 is 2.37 bits per heavy atom. The molecule has 0 radical (unpaired) electrons. The highest BCUT2D eigenvalue weighted by molar-refractivity contribution is 7.13. The third kappa shape index (κ3) is 2.86. The van der Waals surface area contributed by atoms with Gasteiger partial charge in [0, 0.05) is 12.6 Å². The van der Waals surface area contributed by atoms with Crippen molar-refractivity contribution in [2.75, 3.05) is 13.1 Å². The van der Waals surface area contributed by atoms with Crippen LogP contribution in [-0.4, -0.2) is 34.2 Å². The van der Waals surface area contributed by atoms with Gasteiger partial charge in [-0.3, -0.25) is 4.90 Å². The van der Waals surface area contributed by atoms with E-state index < -0.39 is 0 Å². The Bertz CT molecular complexity index is 510. The molecular formula is C13H18N4OS. The number of likely N-dealkylation sites (tertiary alicyclic amines) is 1. The Kier molecular flexibility index (Phi) is 3.91. The number of aromatic nitrogens is 2. The molecule has 1 saturated heterocycles. The zero-order valence-electron chi connectivity index (χ0n) is 10.8. The van der Waals surface area contributed by atoms with Crippen molar-refractivity contribution in [2.24, 2.45) is 5.73 Å². The van der Waals surface area contributed by atoms with Crippen LogP contribution in [0.3, 0.4) is 0 Å². The predicted octanol–water partition coefficient (Wildman–Crippen LogP) is 2.11. The molecule has 0 bridgehead atoms. The van der Waals surface area contributed by atoms with Crippen molar-refractivity contribution in [3.63, 3.8) is 0 Å². The second-order valence-corrected chi connectivity index (χ2v) is 5.78. The number of hydrogen-bond donors (Lipinski definition) is 1. The van der Waals surface area contributed by atoms with Crippen molar-refractivity contribution in [3.05, 3.63) is 23.4 Å². The molecule has 1 fully saturated rings. The summed E-state index contributed by atoms with van der Waals surface area (Å²) in [6, 6.07) is 4.43. The van der Waals surface area contributed by atoms with Crippen LogP contribution in [0, 0.1) is 0 Å². The molecule has 2 aromatic heterocycles. The fourth-order valence-electron chi connectivity index (χ4n) is 2.53. The number of nitrogens with two attached hydrogens (primary N) is 1. The fraction of sp³-hybridized carbons (Fsp3) is 0.538. The van der Waals surface area contributed by atoms with Crippen molar-refractivity contribution >= 4 is 11.3 Å². The molecule has 0 amide bonds. The van der Waals surface area contributed by atoms with E-state index in [0.29, 0.717) is 30.9 Å². The summed E-state index contributed by atoms with van der Waals surface area (Å²) in [6.45, 7) is 2.48. The largest absolute Gasteiger partial charge is 0.419 e. The molecule has 1 aliphatic heterocycles. The Balaban J connectivity index is 1.69. The molecule has 3 rings (SSSR count). The topological polar surface area (TPSA) is 68.2 Å². The molecule has 0 saturated carbocycles. The molecular weight excluding hydrogens is 260 g/mol. The molecule has 5 nitrogen and oxygen atoms in total. The maximum atomic E-state index is 5.82. The van der Waals surface area contributed by atoms with E-state index in [0.717, 1.165) is 11.4 Å². The summed E-state index contributed by atoms with van der Waals surface area (Å²) in [5, 5.41) is 10.3. The number of hydrogen-bond acceptors (Lipinski definition) is 6. The highest BCUT2D eigenvalue weighted by Gasteiger charge is 2.23. The molecule has 102 valence electrons. The van der Waals surface area contributed by atoms with Crippen molar-refractivity contribution < 1.29 is 4.42 Å². The summed E-state index contributed by atoms with van der Waals surface area (Å²) < 4.78 is 5.73. The number of thiophene rings is 1. The van der Waals surface area contributed by atoms with Crippen LogP contribution in [0.1, 0.15) is 25.2 Å². The van der Waals surface area contributed by atoms with Gasteiger partial charge in [0.2, 0.25) is 5.89 Å². The Labute approximate surface area is 116 Å². The molecule has 1 aliphatic rings. The van der Waals surface area contributed by atoms with Crippen LogP contribution in [0.2, 0.25) is 0 Å². The van der Waals surface area contributed by atoms with Gasteiger partial charge in [0.25, 0.3) is 5.89 Å². The van der Waals surface area contributed by atoms with E-state index in [9.17, 15) is 0 Å². The first-order valence-corrected chi connectivity index (χ1v) is 7.55. The zero-order chi connectivity index (χ0) is 13.1. The van der Waals surface area contributed by atoms with Gasteiger partial charge >= 0.3 is 0 Å². The lowest BCUT2D eigenvalue weighted by molar-refractivity contribution is 0.132. The van der Waals surface area contributed by atoms with Crippen molar-refractivity contribution in [1.29, 1.82) is 0 Å². The van der Waals surface area contributed by atoms with E-state index in [2.05, 4.69) is 15.1 Å². The average molecular weight is 278 g/mol. The Morgan fingerprint density at radius 3 is 3.16 bits per heavy atom. The Morgan fingerprint density at radius 1 is 1.42 bits per heavy atom. The lowest BCUT2D eigenvalue weighted by atomic mass is 10.0. The summed E-state index contributed by atoms with van der Waals surface area (Å²) in [7, 11) is 0. The van der Waals surface area contributed by atoms with Gasteiger partial charge < -0.3 is 10.2 Å². The van der Waals surface area contributed by atoms with Gasteiger partial charge in [-0.25, -0.2) is 0 Å². The molecule has 3 heterocycles. The zero-order valence-corrected chi connectivity index (χ0v) is 11.6. The van der Waals surface area contributed by atoms with E-state index in [4.69, 9.17) is 10.2 Å². The quantitative estimate of drug-likeness (QED) is 0.927. The second-order valence-electron chi connectivity index (χ2n) is 4.83. The van der Waals surface area contributed by atoms with Gasteiger partial charge in [-0.2, -0.15) is 0 Å². The molecule has 1 atom stereocenters. The van der Waals surface area contributed by atoms with E-state index in [-0.39, 0.29) is 0 Å². The average Bonchev–Trinajstić information content (AvgIpc) is 3.09. The van der Waals surface area contributed by atoms with Gasteiger partial charge in [0.05, 0.1) is 11.4 Å². The van der Waals surface area contributed by atoms with Crippen LogP contribution in [0.15, 0.2) is 21.9 Å². The standard InChI is InChI=1S/C13H18N4OS/c14-8-10-4-1-2-6-17(10)9-12-15-16-13(18-12)11-5-3-7-19-11/h3,5,7,10H,1-2,4,6,8-9,14H2.